The average molecular weight is 497 g/mol. The lowest BCUT2D eigenvalue weighted by atomic mass is 9.99. The standard InChI is InChI=1S/C26H32N2O6Si/c1-25(2,3)35(19-10-6-4-7-11-19,20-12-8-5-9-13-20)33-18-26(17-29)21(30)16-23(34-26)28-15-14-22(31)27-24(28)32/h4-15,21,23,29-30H,16-18H2,1-3H3,(H,27,31,32)/t21-,23+,26-/m0/s1. The molecule has 4 rings (SSSR count). The highest BCUT2D eigenvalue weighted by molar-refractivity contribution is 6.99. The first-order chi connectivity index (χ1) is 16.6. The van der Waals surface area contributed by atoms with Gasteiger partial charge in [0.2, 0.25) is 0 Å². The van der Waals surface area contributed by atoms with Gasteiger partial charge >= 0.3 is 5.69 Å². The SMILES string of the molecule is CC(C)(C)[Si](OC[C@]1(CO)O[C@@H](n2ccc(=O)[nH]c2=O)C[C@@H]1O)(c1ccccc1)c1ccccc1. The molecule has 3 aromatic rings. The second-order valence-electron chi connectivity index (χ2n) is 10.0. The lowest BCUT2D eigenvalue weighted by Crippen LogP contribution is -2.68. The summed E-state index contributed by atoms with van der Waals surface area (Å²) in [4.78, 5) is 26.0. The normalized spacial score (nSPS) is 22.9. The number of ether oxygens (including phenoxy) is 1. The third kappa shape index (κ3) is 4.57. The van der Waals surface area contributed by atoms with Crippen molar-refractivity contribution >= 4 is 18.7 Å². The fourth-order valence-corrected chi connectivity index (χ4v) is 9.55. The highest BCUT2D eigenvalue weighted by Crippen LogP contribution is 2.41. The molecule has 3 N–H and O–H groups in total. The minimum Gasteiger partial charge on any atom is -0.404 e. The van der Waals surface area contributed by atoms with Crippen molar-refractivity contribution in [2.45, 2.75) is 50.2 Å². The average Bonchev–Trinajstić information content (AvgIpc) is 3.16. The number of aliphatic hydroxyl groups excluding tert-OH is 2. The molecule has 3 atom stereocenters. The van der Waals surface area contributed by atoms with E-state index in [9.17, 15) is 19.8 Å². The zero-order chi connectivity index (χ0) is 25.3. The summed E-state index contributed by atoms with van der Waals surface area (Å²) < 4.78 is 14.2. The Kier molecular flexibility index (Phi) is 6.99. The third-order valence-corrected chi connectivity index (χ3v) is 11.8. The fraction of sp³-hybridized carbons (Fsp3) is 0.385. The first kappa shape index (κ1) is 25.3. The van der Waals surface area contributed by atoms with Crippen LogP contribution in [0.3, 0.4) is 0 Å². The van der Waals surface area contributed by atoms with Crippen LogP contribution in [0.15, 0.2) is 82.5 Å². The molecule has 186 valence electrons. The summed E-state index contributed by atoms with van der Waals surface area (Å²) in [6, 6.07) is 21.3. The Bertz CT molecular complexity index is 1210. The van der Waals surface area contributed by atoms with Crippen LogP contribution in [-0.4, -0.2) is 53.0 Å². The Morgan fingerprint density at radius 1 is 1.06 bits per heavy atom. The van der Waals surface area contributed by atoms with E-state index in [1.807, 2.05) is 36.4 Å². The summed E-state index contributed by atoms with van der Waals surface area (Å²) in [5.41, 5.74) is -2.60. The van der Waals surface area contributed by atoms with E-state index in [1.165, 1.54) is 16.8 Å². The van der Waals surface area contributed by atoms with E-state index < -0.39 is 44.1 Å². The van der Waals surface area contributed by atoms with E-state index in [-0.39, 0.29) is 18.1 Å². The van der Waals surface area contributed by atoms with Gasteiger partial charge in [0, 0.05) is 18.7 Å². The van der Waals surface area contributed by atoms with Gasteiger partial charge < -0.3 is 19.4 Å². The molecule has 0 amide bonds. The van der Waals surface area contributed by atoms with Crippen LogP contribution in [0.5, 0.6) is 0 Å². The molecule has 0 spiro atoms. The van der Waals surface area contributed by atoms with E-state index >= 15 is 0 Å². The number of nitrogens with one attached hydrogen (secondary N) is 1. The van der Waals surface area contributed by atoms with Crippen LogP contribution in [0.1, 0.15) is 33.4 Å². The first-order valence-electron chi connectivity index (χ1n) is 11.7. The van der Waals surface area contributed by atoms with Crippen LogP contribution in [0, 0.1) is 0 Å². The van der Waals surface area contributed by atoms with Gasteiger partial charge in [0.1, 0.15) is 11.8 Å². The Morgan fingerprint density at radius 3 is 2.11 bits per heavy atom. The van der Waals surface area contributed by atoms with E-state index in [1.54, 1.807) is 0 Å². The molecule has 0 radical (unpaired) electrons. The van der Waals surface area contributed by atoms with Crippen LogP contribution in [-0.2, 0) is 9.16 Å². The molecule has 1 aliphatic heterocycles. The number of hydrogen-bond acceptors (Lipinski definition) is 6. The number of rotatable bonds is 7. The van der Waals surface area contributed by atoms with Crippen molar-refractivity contribution in [3.63, 3.8) is 0 Å². The smallest absolute Gasteiger partial charge is 0.330 e. The minimum atomic E-state index is -2.95. The fourth-order valence-electron chi connectivity index (χ4n) is 4.94. The third-order valence-electron chi connectivity index (χ3n) is 6.78. The molecular weight excluding hydrogens is 464 g/mol. The van der Waals surface area contributed by atoms with Crippen molar-refractivity contribution in [3.05, 3.63) is 93.8 Å². The lowest BCUT2D eigenvalue weighted by molar-refractivity contribution is -0.147. The van der Waals surface area contributed by atoms with Crippen LogP contribution >= 0.6 is 0 Å². The van der Waals surface area contributed by atoms with Crippen molar-refractivity contribution in [2.24, 2.45) is 0 Å². The van der Waals surface area contributed by atoms with Crippen molar-refractivity contribution in [1.29, 1.82) is 0 Å². The number of aromatic amines is 1. The summed E-state index contributed by atoms with van der Waals surface area (Å²) >= 11 is 0. The minimum absolute atomic E-state index is 0.0661. The molecule has 0 unspecified atom stereocenters. The molecular formula is C26H32N2O6Si. The molecule has 1 aliphatic rings. The summed E-state index contributed by atoms with van der Waals surface area (Å²) in [5.74, 6) is 0. The van der Waals surface area contributed by atoms with Gasteiger partial charge in [0.25, 0.3) is 13.9 Å². The summed E-state index contributed by atoms with van der Waals surface area (Å²) in [7, 11) is -2.95. The van der Waals surface area contributed by atoms with Gasteiger partial charge in [0.15, 0.2) is 0 Å². The van der Waals surface area contributed by atoms with Crippen molar-refractivity contribution < 1.29 is 19.4 Å². The maximum Gasteiger partial charge on any atom is 0.330 e. The topological polar surface area (TPSA) is 114 Å². The molecule has 8 nitrogen and oxygen atoms in total. The van der Waals surface area contributed by atoms with Gasteiger partial charge in [-0.05, 0) is 15.4 Å². The number of hydrogen-bond donors (Lipinski definition) is 3. The number of aliphatic hydroxyl groups is 2. The van der Waals surface area contributed by atoms with Gasteiger partial charge in [-0.3, -0.25) is 14.3 Å². The molecule has 0 saturated carbocycles. The predicted octanol–water partition coefficient (Wildman–Crippen LogP) is 1.12. The molecule has 1 fully saturated rings. The van der Waals surface area contributed by atoms with Crippen molar-refractivity contribution in [3.8, 4) is 0 Å². The number of aromatic nitrogens is 2. The first-order valence-corrected chi connectivity index (χ1v) is 13.6. The van der Waals surface area contributed by atoms with Gasteiger partial charge in [-0.2, -0.15) is 0 Å². The largest absolute Gasteiger partial charge is 0.404 e. The molecule has 9 heteroatoms. The van der Waals surface area contributed by atoms with E-state index in [0.717, 1.165) is 10.4 Å². The van der Waals surface area contributed by atoms with Crippen molar-refractivity contribution in [2.75, 3.05) is 13.2 Å². The monoisotopic (exact) mass is 496 g/mol. The second kappa shape index (κ2) is 9.67. The van der Waals surface area contributed by atoms with Gasteiger partial charge in [-0.15, -0.1) is 0 Å². The molecule has 2 heterocycles. The number of benzene rings is 2. The van der Waals surface area contributed by atoms with Gasteiger partial charge in [-0.25, -0.2) is 4.79 Å². The Hall–Kier alpha value is -2.82. The predicted molar refractivity (Wildman–Crippen MR) is 135 cm³/mol. The molecule has 1 saturated heterocycles. The van der Waals surface area contributed by atoms with Crippen molar-refractivity contribution in [1.82, 2.24) is 9.55 Å². The Balaban J connectivity index is 1.74. The number of H-pyrrole nitrogens is 1. The Morgan fingerprint density at radius 2 is 1.63 bits per heavy atom. The molecule has 0 bridgehead atoms. The Labute approximate surface area is 204 Å². The quantitative estimate of drug-likeness (QED) is 0.423. The lowest BCUT2D eigenvalue weighted by Gasteiger charge is -2.45. The maximum absolute atomic E-state index is 12.3. The van der Waals surface area contributed by atoms with Crippen LogP contribution in [0.25, 0.3) is 0 Å². The van der Waals surface area contributed by atoms with Gasteiger partial charge in [0.05, 0.1) is 19.3 Å². The second-order valence-corrected chi connectivity index (χ2v) is 14.3. The molecule has 35 heavy (non-hydrogen) atoms. The summed E-state index contributed by atoms with van der Waals surface area (Å²) in [6.45, 7) is 5.84. The van der Waals surface area contributed by atoms with Crippen LogP contribution < -0.4 is 21.6 Å². The number of nitrogens with zero attached hydrogens (tertiary/aromatic N) is 1. The summed E-state index contributed by atoms with van der Waals surface area (Å²) in [6.07, 6.45) is -0.551. The van der Waals surface area contributed by atoms with E-state index in [0.29, 0.717) is 0 Å². The highest BCUT2D eigenvalue weighted by Gasteiger charge is 2.55. The highest BCUT2D eigenvalue weighted by atomic mass is 28.4. The van der Waals surface area contributed by atoms with Crippen LogP contribution in [0.4, 0.5) is 0 Å². The molecule has 1 aromatic heterocycles. The zero-order valence-corrected chi connectivity index (χ0v) is 21.2. The van der Waals surface area contributed by atoms with E-state index in [4.69, 9.17) is 9.16 Å². The zero-order valence-electron chi connectivity index (χ0n) is 20.2. The van der Waals surface area contributed by atoms with E-state index in [2.05, 4.69) is 50.0 Å². The molecule has 0 aliphatic carbocycles. The molecule has 2 aromatic carbocycles. The van der Waals surface area contributed by atoms with Crippen LogP contribution in [0.2, 0.25) is 5.04 Å². The van der Waals surface area contributed by atoms with Gasteiger partial charge in [-0.1, -0.05) is 81.4 Å². The maximum atomic E-state index is 12.3. The summed E-state index contributed by atoms with van der Waals surface area (Å²) in [5, 5.41) is 23.3.